The Labute approximate surface area is 296 Å². The molecule has 5 aromatic carbocycles. The van der Waals surface area contributed by atoms with Gasteiger partial charge in [0.05, 0.1) is 57.3 Å². The lowest BCUT2D eigenvalue weighted by molar-refractivity contribution is 0.968. The number of nitriles is 3. The van der Waals surface area contributed by atoms with Crippen LogP contribution in [0.3, 0.4) is 0 Å². The topological polar surface area (TPSA) is 81.2 Å². The Bertz CT molecular complexity index is 2760. The van der Waals surface area contributed by atoms with Gasteiger partial charge >= 0.3 is 0 Å². The molecule has 1 aliphatic rings. The van der Waals surface area contributed by atoms with Crippen LogP contribution in [-0.2, 0) is 6.42 Å². The number of aryl methyl sites for hydroxylation is 1. The summed E-state index contributed by atoms with van der Waals surface area (Å²) in [6, 6.07) is 41.4. The van der Waals surface area contributed by atoms with Crippen LogP contribution in [0.2, 0.25) is 0 Å². The fourth-order valence-electron chi connectivity index (χ4n) is 7.56. The maximum absolute atomic E-state index is 10.3. The predicted octanol–water partition coefficient (Wildman–Crippen LogP) is 11.2. The van der Waals surface area contributed by atoms with Crippen molar-refractivity contribution in [3.63, 3.8) is 0 Å². The summed E-state index contributed by atoms with van der Waals surface area (Å²) in [7, 11) is 0. The second-order valence-electron chi connectivity index (χ2n) is 12.6. The Kier molecular flexibility index (Phi) is 7.77. The molecule has 240 valence electrons. The Morgan fingerprint density at radius 3 is 2.20 bits per heavy atom. The van der Waals surface area contributed by atoms with Crippen LogP contribution in [0.5, 0.6) is 0 Å². The van der Waals surface area contributed by atoms with Crippen molar-refractivity contribution in [3.8, 4) is 51.8 Å². The first-order chi connectivity index (χ1) is 25.1. The summed E-state index contributed by atoms with van der Waals surface area (Å²) in [6.07, 6.45) is 12.2. The van der Waals surface area contributed by atoms with E-state index in [1.54, 1.807) is 0 Å². The van der Waals surface area contributed by atoms with E-state index in [4.69, 9.17) is 0 Å². The van der Waals surface area contributed by atoms with Crippen molar-refractivity contribution in [2.45, 2.75) is 19.8 Å². The fraction of sp³-hybridized carbons (Fsp3) is 0.0652. The number of para-hydroxylation sites is 1. The molecule has 0 N–H and O–H groups in total. The Morgan fingerprint density at radius 1 is 0.706 bits per heavy atom. The van der Waals surface area contributed by atoms with Crippen LogP contribution in [0.15, 0.2) is 122 Å². The molecule has 0 atom stereocenters. The summed E-state index contributed by atoms with van der Waals surface area (Å²) < 4.78 is 4.47. The molecule has 5 heteroatoms. The van der Waals surface area contributed by atoms with Crippen molar-refractivity contribution < 1.29 is 0 Å². The van der Waals surface area contributed by atoms with Crippen molar-refractivity contribution >= 4 is 40.0 Å². The molecule has 2 aromatic heterocycles. The van der Waals surface area contributed by atoms with Gasteiger partial charge in [-0.1, -0.05) is 61.2 Å². The summed E-state index contributed by atoms with van der Waals surface area (Å²) >= 11 is 0. The Morgan fingerprint density at radius 2 is 1.45 bits per heavy atom. The predicted molar refractivity (Wildman–Crippen MR) is 207 cm³/mol. The van der Waals surface area contributed by atoms with Crippen molar-refractivity contribution in [1.82, 2.24) is 9.13 Å². The normalized spacial score (nSPS) is 12.1. The molecule has 0 saturated heterocycles. The monoisotopic (exact) mass is 653 g/mol. The summed E-state index contributed by atoms with van der Waals surface area (Å²) in [4.78, 5) is 0. The van der Waals surface area contributed by atoms with Gasteiger partial charge in [0.2, 0.25) is 0 Å². The zero-order valence-corrected chi connectivity index (χ0v) is 28.1. The van der Waals surface area contributed by atoms with E-state index in [2.05, 4.69) is 94.6 Å². The first kappa shape index (κ1) is 31.2. The second kappa shape index (κ2) is 12.7. The third-order valence-electron chi connectivity index (χ3n) is 9.79. The maximum atomic E-state index is 10.3. The molecule has 0 fully saturated rings. The number of hydrogen-bond acceptors (Lipinski definition) is 3. The number of aromatic nitrogens is 2. The molecule has 1 aliphatic carbocycles. The number of rotatable bonds is 6. The van der Waals surface area contributed by atoms with Crippen molar-refractivity contribution in [2.75, 3.05) is 0 Å². The average molecular weight is 654 g/mol. The van der Waals surface area contributed by atoms with Gasteiger partial charge in [-0.05, 0) is 115 Å². The highest BCUT2D eigenvalue weighted by Gasteiger charge is 2.22. The molecule has 0 radical (unpaired) electrons. The van der Waals surface area contributed by atoms with Gasteiger partial charge in [0.15, 0.2) is 0 Å². The molecule has 8 rings (SSSR count). The van der Waals surface area contributed by atoms with E-state index in [0.29, 0.717) is 16.7 Å². The summed E-state index contributed by atoms with van der Waals surface area (Å²) in [5, 5.41) is 31.7. The van der Waals surface area contributed by atoms with Crippen LogP contribution in [0, 0.1) is 34.0 Å². The largest absolute Gasteiger partial charge is 0.309 e. The van der Waals surface area contributed by atoms with Gasteiger partial charge in [-0.15, -0.1) is 0 Å². The number of hydrogen-bond donors (Lipinski definition) is 0. The first-order valence-electron chi connectivity index (χ1n) is 16.9. The standard InChI is InChI=1S/C46H31N5/c1-3-10-37-40-23-30(27-47)17-21-45(40)50(42(37)4-2)35-12-9-11-32(25-35)39-26-33(19-20-34(39)29-49)36-13-5-7-15-43(36)51-44-16-8-6-14-38(44)41-24-31(28-48)18-22-46(41)51/h3-5,7-13,15-26H,2,6,14H2,1H3/b10-3-. The minimum absolute atomic E-state index is 0.582. The Hall–Kier alpha value is -7.13. The zero-order chi connectivity index (χ0) is 35.1. The highest BCUT2D eigenvalue weighted by Crippen LogP contribution is 2.40. The van der Waals surface area contributed by atoms with Crippen molar-refractivity contribution in [1.29, 1.82) is 15.8 Å². The van der Waals surface area contributed by atoms with E-state index in [0.717, 1.165) is 85.2 Å². The fourth-order valence-corrected chi connectivity index (χ4v) is 7.56. The highest BCUT2D eigenvalue weighted by molar-refractivity contribution is 5.97. The lowest BCUT2D eigenvalue weighted by Gasteiger charge is -2.17. The number of benzene rings is 5. The van der Waals surface area contributed by atoms with Crippen molar-refractivity contribution in [2.24, 2.45) is 0 Å². The van der Waals surface area contributed by atoms with Crippen molar-refractivity contribution in [3.05, 3.63) is 161 Å². The minimum atomic E-state index is 0.582. The van der Waals surface area contributed by atoms with Gasteiger partial charge in [0.1, 0.15) is 0 Å². The molecular formula is C46H31N5. The second-order valence-corrected chi connectivity index (χ2v) is 12.6. The van der Waals surface area contributed by atoms with Crippen LogP contribution in [0.25, 0.3) is 73.7 Å². The molecule has 0 aliphatic heterocycles. The smallest absolute Gasteiger partial charge is 0.0998 e. The molecular weight excluding hydrogens is 623 g/mol. The van der Waals surface area contributed by atoms with E-state index in [9.17, 15) is 15.8 Å². The number of fused-ring (bicyclic) bond motifs is 4. The van der Waals surface area contributed by atoms with Gasteiger partial charge in [0.25, 0.3) is 0 Å². The Balaban J connectivity index is 1.31. The minimum Gasteiger partial charge on any atom is -0.309 e. The summed E-state index contributed by atoms with van der Waals surface area (Å²) in [5.41, 5.74) is 13.9. The molecule has 0 saturated carbocycles. The maximum Gasteiger partial charge on any atom is 0.0998 e. The molecule has 7 aromatic rings. The van der Waals surface area contributed by atoms with Crippen LogP contribution in [0.1, 0.15) is 52.5 Å². The van der Waals surface area contributed by atoms with Gasteiger partial charge in [-0.2, -0.15) is 15.8 Å². The van der Waals surface area contributed by atoms with Crippen LogP contribution in [-0.4, -0.2) is 9.13 Å². The third-order valence-corrected chi connectivity index (χ3v) is 9.79. The summed E-state index contributed by atoms with van der Waals surface area (Å²) in [6.45, 7) is 6.13. The molecule has 2 heterocycles. The van der Waals surface area contributed by atoms with Gasteiger partial charge in [0, 0.05) is 38.8 Å². The summed E-state index contributed by atoms with van der Waals surface area (Å²) in [5.74, 6) is 0. The highest BCUT2D eigenvalue weighted by atomic mass is 15.0. The molecule has 0 spiro atoms. The van der Waals surface area contributed by atoms with Gasteiger partial charge in [-0.3, -0.25) is 0 Å². The molecule has 51 heavy (non-hydrogen) atoms. The average Bonchev–Trinajstić information content (AvgIpc) is 3.69. The van der Waals surface area contributed by atoms with E-state index < -0.39 is 0 Å². The lowest BCUT2D eigenvalue weighted by atomic mass is 9.94. The SMILES string of the molecule is C=Cc1c(/C=C\C)c2cc(C#N)ccc2n1-c1cccc(-c2cc(-c3ccccc3-n3c4c(c5cc(C#N)ccc53)CCC=C4)ccc2C#N)c1. The quantitative estimate of drug-likeness (QED) is 0.179. The molecule has 0 amide bonds. The van der Waals surface area contributed by atoms with Crippen LogP contribution >= 0.6 is 0 Å². The van der Waals surface area contributed by atoms with E-state index >= 15 is 0 Å². The molecule has 0 unspecified atom stereocenters. The molecule has 5 nitrogen and oxygen atoms in total. The third kappa shape index (κ3) is 5.07. The first-order valence-corrected chi connectivity index (χ1v) is 16.9. The lowest BCUT2D eigenvalue weighted by Crippen LogP contribution is -2.02. The van der Waals surface area contributed by atoms with Crippen LogP contribution < -0.4 is 0 Å². The van der Waals surface area contributed by atoms with E-state index in [1.165, 1.54) is 5.56 Å². The van der Waals surface area contributed by atoms with E-state index in [-0.39, 0.29) is 0 Å². The number of nitrogens with zero attached hydrogens (tertiary/aromatic N) is 5. The van der Waals surface area contributed by atoms with Crippen LogP contribution in [0.4, 0.5) is 0 Å². The number of allylic oxidation sites excluding steroid dienone is 2. The van der Waals surface area contributed by atoms with Gasteiger partial charge in [-0.25, -0.2) is 0 Å². The molecule has 0 bridgehead atoms. The zero-order valence-electron chi connectivity index (χ0n) is 28.1. The van der Waals surface area contributed by atoms with Gasteiger partial charge < -0.3 is 9.13 Å². The van der Waals surface area contributed by atoms with E-state index in [1.807, 2.05) is 79.7 Å².